The summed E-state index contributed by atoms with van der Waals surface area (Å²) in [7, 11) is 1.77. The Balaban J connectivity index is 0.00000392. The maximum Gasteiger partial charge on any atom is 0.221 e. The topological polar surface area (TPSA) is 68.8 Å². The molecule has 3 N–H and O–H groups in total. The van der Waals surface area contributed by atoms with Gasteiger partial charge in [0, 0.05) is 38.0 Å². The van der Waals surface area contributed by atoms with Gasteiger partial charge < -0.3 is 16.0 Å². The van der Waals surface area contributed by atoms with Crippen molar-refractivity contribution in [1.82, 2.24) is 20.9 Å². The molecule has 0 aliphatic carbocycles. The molecule has 1 aliphatic heterocycles. The van der Waals surface area contributed by atoms with Crippen LogP contribution in [0.25, 0.3) is 0 Å². The molecule has 1 atom stereocenters. The lowest BCUT2D eigenvalue weighted by Gasteiger charge is -2.36. The Kier molecular flexibility index (Phi) is 12.7. The van der Waals surface area contributed by atoms with Gasteiger partial charge in [0.15, 0.2) is 5.96 Å². The normalized spacial score (nSPS) is 16.9. The minimum atomic E-state index is 0. The molecule has 1 aliphatic rings. The summed E-state index contributed by atoms with van der Waals surface area (Å²) in [6.07, 6.45) is 3.95. The van der Waals surface area contributed by atoms with Crippen LogP contribution in [0.4, 0.5) is 0 Å². The standard InChI is InChI=1S/C20H35N5OS.HI/c1-4-10-22-19(26)7-11-23-20(21-3)24-15-17(18-6-5-14-27-18)25-12-8-16(2)9-13-25;/h5-6,14,16-17H,4,7-13,15H2,1-3H3,(H,22,26)(H2,21,23,24);1H. The molecule has 1 amide bonds. The second kappa shape index (κ2) is 14.2. The first kappa shape index (κ1) is 25.2. The number of likely N-dealkylation sites (tertiary alicyclic amines) is 1. The van der Waals surface area contributed by atoms with Crippen molar-refractivity contribution < 1.29 is 4.79 Å². The van der Waals surface area contributed by atoms with Gasteiger partial charge in [-0.3, -0.25) is 14.7 Å². The Morgan fingerprint density at radius 2 is 2.04 bits per heavy atom. The van der Waals surface area contributed by atoms with Gasteiger partial charge >= 0.3 is 0 Å². The van der Waals surface area contributed by atoms with Gasteiger partial charge in [0.2, 0.25) is 5.91 Å². The van der Waals surface area contributed by atoms with Crippen molar-refractivity contribution in [3.8, 4) is 0 Å². The Labute approximate surface area is 191 Å². The molecule has 1 aromatic rings. The zero-order valence-corrected chi connectivity index (χ0v) is 20.5. The molecular formula is C20H36IN5OS. The fourth-order valence-electron chi connectivity index (χ4n) is 3.29. The average molecular weight is 522 g/mol. The van der Waals surface area contributed by atoms with Crippen LogP contribution in [-0.2, 0) is 4.79 Å². The van der Waals surface area contributed by atoms with Crippen molar-refractivity contribution in [3.05, 3.63) is 22.4 Å². The van der Waals surface area contributed by atoms with E-state index in [4.69, 9.17) is 0 Å². The second-order valence-corrected chi connectivity index (χ2v) is 8.21. The number of thiophene rings is 1. The summed E-state index contributed by atoms with van der Waals surface area (Å²) in [5.74, 6) is 1.66. The number of amides is 1. The molecule has 1 unspecified atom stereocenters. The van der Waals surface area contributed by atoms with Crippen LogP contribution < -0.4 is 16.0 Å². The van der Waals surface area contributed by atoms with Crippen LogP contribution >= 0.6 is 35.3 Å². The fourth-order valence-corrected chi connectivity index (χ4v) is 4.15. The van der Waals surface area contributed by atoms with Crippen LogP contribution in [0.2, 0.25) is 0 Å². The molecule has 1 fully saturated rings. The maximum atomic E-state index is 11.7. The average Bonchev–Trinajstić information content (AvgIpc) is 3.20. The van der Waals surface area contributed by atoms with E-state index in [1.54, 1.807) is 7.05 Å². The summed E-state index contributed by atoms with van der Waals surface area (Å²) in [6.45, 7) is 8.83. The molecule has 28 heavy (non-hydrogen) atoms. The highest BCUT2D eigenvalue weighted by Gasteiger charge is 2.25. The van der Waals surface area contributed by atoms with E-state index in [1.807, 2.05) is 11.3 Å². The van der Waals surface area contributed by atoms with Gasteiger partial charge in [0.25, 0.3) is 0 Å². The first-order chi connectivity index (χ1) is 13.1. The number of hydrogen-bond acceptors (Lipinski definition) is 4. The van der Waals surface area contributed by atoms with Crippen LogP contribution in [-0.4, -0.2) is 56.5 Å². The summed E-state index contributed by atoms with van der Waals surface area (Å²) in [5, 5.41) is 11.8. The third kappa shape index (κ3) is 8.65. The van der Waals surface area contributed by atoms with E-state index in [9.17, 15) is 4.79 Å². The Morgan fingerprint density at radius 3 is 2.64 bits per heavy atom. The van der Waals surface area contributed by atoms with E-state index in [-0.39, 0.29) is 29.9 Å². The van der Waals surface area contributed by atoms with Crippen molar-refractivity contribution in [2.75, 3.05) is 39.8 Å². The van der Waals surface area contributed by atoms with E-state index >= 15 is 0 Å². The lowest BCUT2D eigenvalue weighted by Crippen LogP contribution is -2.45. The molecule has 160 valence electrons. The summed E-state index contributed by atoms with van der Waals surface area (Å²) < 4.78 is 0. The summed E-state index contributed by atoms with van der Waals surface area (Å²) in [4.78, 5) is 20.0. The van der Waals surface area contributed by atoms with Gasteiger partial charge in [0.05, 0.1) is 6.04 Å². The predicted octanol–water partition coefficient (Wildman–Crippen LogP) is 3.22. The number of piperidine rings is 1. The van der Waals surface area contributed by atoms with E-state index in [1.165, 1.54) is 17.7 Å². The van der Waals surface area contributed by atoms with Gasteiger partial charge in [-0.1, -0.05) is 19.9 Å². The lowest BCUT2D eigenvalue weighted by atomic mass is 9.97. The number of aliphatic imine (C=N–C) groups is 1. The summed E-state index contributed by atoms with van der Waals surface area (Å²) >= 11 is 1.82. The number of nitrogens with one attached hydrogen (secondary N) is 3. The van der Waals surface area contributed by atoms with Crippen LogP contribution in [0.5, 0.6) is 0 Å². The molecule has 2 heterocycles. The van der Waals surface area contributed by atoms with E-state index in [0.717, 1.165) is 44.5 Å². The van der Waals surface area contributed by atoms with Gasteiger partial charge in [-0.25, -0.2) is 0 Å². The monoisotopic (exact) mass is 521 g/mol. The van der Waals surface area contributed by atoms with Gasteiger partial charge in [0.1, 0.15) is 0 Å². The highest BCUT2D eigenvalue weighted by molar-refractivity contribution is 14.0. The van der Waals surface area contributed by atoms with Crippen LogP contribution in [0.15, 0.2) is 22.5 Å². The Bertz CT molecular complexity index is 573. The van der Waals surface area contributed by atoms with Crippen LogP contribution in [0, 0.1) is 5.92 Å². The lowest BCUT2D eigenvalue weighted by molar-refractivity contribution is -0.120. The fraction of sp³-hybridized carbons (Fsp3) is 0.700. The van der Waals surface area contributed by atoms with E-state index < -0.39 is 0 Å². The van der Waals surface area contributed by atoms with Crippen molar-refractivity contribution in [3.63, 3.8) is 0 Å². The number of guanidine groups is 1. The largest absolute Gasteiger partial charge is 0.356 e. The number of carbonyl (C=O) groups is 1. The highest BCUT2D eigenvalue weighted by Crippen LogP contribution is 2.28. The van der Waals surface area contributed by atoms with Crippen LogP contribution in [0.3, 0.4) is 0 Å². The predicted molar refractivity (Wildman–Crippen MR) is 130 cm³/mol. The molecule has 0 radical (unpaired) electrons. The summed E-state index contributed by atoms with van der Waals surface area (Å²) in [6, 6.07) is 4.72. The molecule has 1 aromatic heterocycles. The molecular weight excluding hydrogens is 485 g/mol. The third-order valence-corrected chi connectivity index (χ3v) is 6.01. The van der Waals surface area contributed by atoms with Crippen molar-refractivity contribution in [2.45, 2.75) is 45.6 Å². The Hall–Kier alpha value is -0.870. The molecule has 0 bridgehead atoms. The van der Waals surface area contributed by atoms with E-state index in [0.29, 0.717) is 19.0 Å². The molecule has 0 aromatic carbocycles. The number of carbonyl (C=O) groups excluding carboxylic acids is 1. The Morgan fingerprint density at radius 1 is 1.29 bits per heavy atom. The maximum absolute atomic E-state index is 11.7. The van der Waals surface area contributed by atoms with Gasteiger partial charge in [-0.15, -0.1) is 35.3 Å². The minimum Gasteiger partial charge on any atom is -0.356 e. The van der Waals surface area contributed by atoms with Gasteiger partial charge in [-0.05, 0) is 49.7 Å². The number of nitrogens with zero attached hydrogens (tertiary/aromatic N) is 2. The van der Waals surface area contributed by atoms with Crippen molar-refractivity contribution in [1.29, 1.82) is 0 Å². The zero-order valence-electron chi connectivity index (χ0n) is 17.4. The highest BCUT2D eigenvalue weighted by atomic mass is 127. The van der Waals surface area contributed by atoms with Crippen molar-refractivity contribution >= 4 is 47.2 Å². The number of rotatable bonds is 9. The quantitative estimate of drug-likeness (QED) is 0.265. The third-order valence-electron chi connectivity index (χ3n) is 5.03. The van der Waals surface area contributed by atoms with Crippen LogP contribution in [0.1, 0.15) is 50.4 Å². The van der Waals surface area contributed by atoms with Gasteiger partial charge in [-0.2, -0.15) is 0 Å². The summed E-state index contributed by atoms with van der Waals surface area (Å²) in [5.41, 5.74) is 0. The molecule has 2 rings (SSSR count). The first-order valence-corrected chi connectivity index (χ1v) is 11.0. The van der Waals surface area contributed by atoms with Crippen molar-refractivity contribution in [2.24, 2.45) is 10.9 Å². The molecule has 0 saturated carbocycles. The number of halogens is 1. The minimum absolute atomic E-state index is 0. The first-order valence-electron chi connectivity index (χ1n) is 10.1. The molecule has 1 saturated heterocycles. The van der Waals surface area contributed by atoms with E-state index in [2.05, 4.69) is 57.2 Å². The SMILES string of the molecule is CCCNC(=O)CCNC(=NC)NCC(c1cccs1)N1CCC(C)CC1.I. The molecule has 6 nitrogen and oxygen atoms in total. The second-order valence-electron chi connectivity index (χ2n) is 7.23. The molecule has 0 spiro atoms. The molecule has 8 heteroatoms. The number of hydrogen-bond donors (Lipinski definition) is 3. The smallest absolute Gasteiger partial charge is 0.221 e. The zero-order chi connectivity index (χ0) is 19.5.